The molecule has 0 atom stereocenters. The minimum atomic E-state index is -2.11. The van der Waals surface area contributed by atoms with Crippen molar-refractivity contribution < 1.29 is 19.8 Å². The van der Waals surface area contributed by atoms with Crippen molar-refractivity contribution in [1.29, 1.82) is 0 Å². The summed E-state index contributed by atoms with van der Waals surface area (Å²) in [5.74, 6) is 0. The largest absolute Gasteiger partial charge is 0.454 e. The van der Waals surface area contributed by atoms with E-state index in [1.54, 1.807) is 24.3 Å². The molecule has 0 unspecified atom stereocenters. The van der Waals surface area contributed by atoms with Gasteiger partial charge in [-0.1, -0.05) is 194 Å². The molecule has 12 aromatic carbocycles. The standard InChI is InChI=1S/C76H52N2O2/c1-3-13-53(14-4-1)67-47-59(57-31-27-51-25-29-55(51)45-57)37-43-69(67)77(71-21-11-19-65-63-17-7-9-23-73(63)79-75(65)71)61-39-33-49(34-40-61)50-35-41-62(42-36-50)78(72-22-12-20-66-64-18-8-10-24-74(64)80-76(66)72)70-44-38-60(48-68(70)54-15-5-2-6-16-54)58-32-28-52-26-30-56(52)46-58/h1-24,27-28,31-48H,25-26,29-30H2/i25D2,26D2,29D2,30D2. The maximum atomic E-state index is 8.62. The lowest BCUT2D eigenvalue weighted by Crippen LogP contribution is -2.12. The quantitative estimate of drug-likeness (QED) is 0.129. The van der Waals surface area contributed by atoms with E-state index in [4.69, 9.17) is 19.8 Å². The highest BCUT2D eigenvalue weighted by molar-refractivity contribution is 6.12. The van der Waals surface area contributed by atoms with Gasteiger partial charge in [0, 0.05) is 55.0 Å². The maximum Gasteiger partial charge on any atom is 0.159 e. The fourth-order valence-electron chi connectivity index (χ4n) is 11.8. The van der Waals surface area contributed by atoms with Crippen molar-refractivity contribution in [2.24, 2.45) is 0 Å². The minimum absolute atomic E-state index is 0.369. The molecule has 0 radical (unpaired) electrons. The Morgan fingerprint density at radius 1 is 0.263 bits per heavy atom. The normalized spacial score (nSPS) is 16.6. The van der Waals surface area contributed by atoms with Crippen molar-refractivity contribution in [1.82, 2.24) is 0 Å². The van der Waals surface area contributed by atoms with E-state index >= 15 is 0 Å². The van der Waals surface area contributed by atoms with Gasteiger partial charge < -0.3 is 18.6 Å². The number of para-hydroxylation sites is 4. The number of nitrogens with zero attached hydrogens (tertiary/aromatic N) is 2. The zero-order valence-electron chi connectivity index (χ0n) is 51.1. The molecular weight excluding hydrogens is 973 g/mol. The lowest BCUT2D eigenvalue weighted by atomic mass is 9.85. The van der Waals surface area contributed by atoms with Gasteiger partial charge in [-0.15, -0.1) is 0 Å². The van der Waals surface area contributed by atoms with E-state index in [1.807, 2.05) is 84.9 Å². The Balaban J connectivity index is 0.821. The van der Waals surface area contributed by atoms with Crippen LogP contribution >= 0.6 is 0 Å². The third kappa shape index (κ3) is 7.74. The van der Waals surface area contributed by atoms with Crippen molar-refractivity contribution >= 4 is 78.0 Å². The Kier molecular flexibility index (Phi) is 9.02. The molecule has 0 saturated carbocycles. The molecule has 2 heterocycles. The molecule has 16 rings (SSSR count). The first-order valence-electron chi connectivity index (χ1n) is 31.0. The summed E-state index contributed by atoms with van der Waals surface area (Å²) in [5.41, 5.74) is 18.9. The van der Waals surface area contributed by atoms with E-state index in [9.17, 15) is 0 Å². The molecule has 4 nitrogen and oxygen atoms in total. The summed E-state index contributed by atoms with van der Waals surface area (Å²) >= 11 is 0. The first-order valence-corrected chi connectivity index (χ1v) is 27.0. The predicted molar refractivity (Wildman–Crippen MR) is 332 cm³/mol. The zero-order valence-corrected chi connectivity index (χ0v) is 43.1. The Morgan fingerprint density at radius 2 is 0.625 bits per heavy atom. The molecule has 80 heavy (non-hydrogen) atoms. The van der Waals surface area contributed by atoms with Crippen LogP contribution in [0.15, 0.2) is 276 Å². The fraction of sp³-hybridized carbons (Fsp3) is 0.0526. The van der Waals surface area contributed by atoms with Crippen LogP contribution in [0, 0.1) is 0 Å². The van der Waals surface area contributed by atoms with E-state index in [-0.39, 0.29) is 0 Å². The zero-order chi connectivity index (χ0) is 59.8. The second-order valence-electron chi connectivity index (χ2n) is 20.5. The molecule has 0 saturated heterocycles. The van der Waals surface area contributed by atoms with Gasteiger partial charge in [-0.25, -0.2) is 0 Å². The van der Waals surface area contributed by atoms with Gasteiger partial charge in [0.1, 0.15) is 11.2 Å². The molecule has 0 aliphatic heterocycles. The fourth-order valence-corrected chi connectivity index (χ4v) is 11.8. The van der Waals surface area contributed by atoms with Gasteiger partial charge >= 0.3 is 0 Å². The average Bonchev–Trinajstić information content (AvgIpc) is 0.897. The molecule has 0 spiro atoms. The summed E-state index contributed by atoms with van der Waals surface area (Å²) in [7, 11) is 0. The van der Waals surface area contributed by atoms with Crippen LogP contribution in [-0.4, -0.2) is 0 Å². The summed E-state index contributed by atoms with van der Waals surface area (Å²) in [6, 6.07) is 89.8. The predicted octanol–water partition coefficient (Wildman–Crippen LogP) is 21.0. The van der Waals surface area contributed by atoms with E-state index in [2.05, 4.69) is 168 Å². The molecule has 0 bridgehead atoms. The summed E-state index contributed by atoms with van der Waals surface area (Å²) in [4.78, 5) is 4.50. The third-order valence-electron chi connectivity index (χ3n) is 15.8. The van der Waals surface area contributed by atoms with Gasteiger partial charge in [0.2, 0.25) is 0 Å². The summed E-state index contributed by atoms with van der Waals surface area (Å²) in [6.45, 7) is 0. The number of hydrogen-bond donors (Lipinski definition) is 0. The van der Waals surface area contributed by atoms with Crippen LogP contribution < -0.4 is 9.80 Å². The van der Waals surface area contributed by atoms with Crippen LogP contribution in [0.1, 0.15) is 33.2 Å². The van der Waals surface area contributed by atoms with Gasteiger partial charge in [0.25, 0.3) is 0 Å². The van der Waals surface area contributed by atoms with E-state index in [1.165, 1.54) is 0 Å². The van der Waals surface area contributed by atoms with Crippen LogP contribution in [0.3, 0.4) is 0 Å². The van der Waals surface area contributed by atoms with Crippen LogP contribution in [0.25, 0.3) is 99.5 Å². The molecule has 14 aromatic rings. The number of fused-ring (bicyclic) bond motifs is 8. The number of anilines is 6. The number of rotatable bonds is 11. The lowest BCUT2D eigenvalue weighted by Gasteiger charge is -2.29. The molecular formula is C76H52N2O2. The molecule has 378 valence electrons. The Labute approximate surface area is 475 Å². The maximum absolute atomic E-state index is 8.62. The molecule has 0 N–H and O–H groups in total. The summed E-state index contributed by atoms with van der Waals surface area (Å²) in [6.07, 6.45) is -8.35. The number of aryl methyl sites for hydroxylation is 4. The SMILES string of the molecule is [2H]C1([2H])c2ccc(-c3ccc(N(c4ccc(-c5ccc(N(c6ccc(-c7ccc8c(c7)C([2H])([2H])C8([2H])[2H])cc6-c6ccccc6)c6cccc7c6oc6ccccc67)cc5)cc4)c4cccc5c4oc4ccccc45)c(-c4ccccc4)c3)cc2C1([2H])[2H]. The van der Waals surface area contributed by atoms with Gasteiger partial charge in [0.15, 0.2) is 11.2 Å². The van der Waals surface area contributed by atoms with E-state index < -0.39 is 25.5 Å². The van der Waals surface area contributed by atoms with Gasteiger partial charge in [-0.05, 0) is 165 Å². The first-order chi connectivity index (χ1) is 42.7. The second kappa shape index (κ2) is 18.8. The third-order valence-corrected chi connectivity index (χ3v) is 15.8. The smallest absolute Gasteiger partial charge is 0.159 e. The van der Waals surface area contributed by atoms with Gasteiger partial charge in [-0.2, -0.15) is 0 Å². The van der Waals surface area contributed by atoms with E-state index in [0.717, 1.165) is 134 Å². The Bertz CT molecular complexity index is 4790. The Morgan fingerprint density at radius 3 is 1.07 bits per heavy atom. The van der Waals surface area contributed by atoms with Crippen molar-refractivity contribution in [3.05, 3.63) is 289 Å². The van der Waals surface area contributed by atoms with Crippen molar-refractivity contribution in [2.75, 3.05) is 9.80 Å². The lowest BCUT2D eigenvalue weighted by molar-refractivity contribution is 0.668. The number of hydrogen-bond acceptors (Lipinski definition) is 4. The summed E-state index contributed by atoms with van der Waals surface area (Å²) in [5, 5.41) is 4.01. The topological polar surface area (TPSA) is 32.8 Å². The van der Waals surface area contributed by atoms with Crippen LogP contribution in [0.4, 0.5) is 34.1 Å². The Hall–Kier alpha value is -10.2. The monoisotopic (exact) mass is 1030 g/mol. The molecule has 0 fully saturated rings. The molecule has 2 aliphatic rings. The molecule has 0 amide bonds. The second-order valence-corrected chi connectivity index (χ2v) is 20.5. The first kappa shape index (κ1) is 38.4. The molecule has 2 aromatic heterocycles. The van der Waals surface area contributed by atoms with Crippen molar-refractivity contribution in [3.8, 4) is 55.6 Å². The highest BCUT2D eigenvalue weighted by Crippen LogP contribution is 2.49. The van der Waals surface area contributed by atoms with Gasteiger partial charge in [-0.3, -0.25) is 0 Å². The highest BCUT2D eigenvalue weighted by atomic mass is 16.3. The molecule has 4 heteroatoms. The van der Waals surface area contributed by atoms with Crippen molar-refractivity contribution in [2.45, 2.75) is 25.5 Å². The molecule has 2 aliphatic carbocycles. The van der Waals surface area contributed by atoms with Crippen LogP contribution in [0.2, 0.25) is 0 Å². The minimum Gasteiger partial charge on any atom is -0.454 e. The van der Waals surface area contributed by atoms with Gasteiger partial charge in [0.05, 0.1) is 22.7 Å². The van der Waals surface area contributed by atoms with Crippen molar-refractivity contribution in [3.63, 3.8) is 0 Å². The van der Waals surface area contributed by atoms with Crippen LogP contribution in [-0.2, 0) is 25.5 Å². The average molecular weight is 1030 g/mol. The van der Waals surface area contributed by atoms with E-state index in [0.29, 0.717) is 22.3 Å². The van der Waals surface area contributed by atoms with Crippen LogP contribution in [0.5, 0.6) is 0 Å². The highest BCUT2D eigenvalue weighted by Gasteiger charge is 2.26. The number of benzene rings is 12. The summed E-state index contributed by atoms with van der Waals surface area (Å²) < 4.78 is 81.8. The number of furan rings is 2.